The summed E-state index contributed by atoms with van der Waals surface area (Å²) in [4.78, 5) is 18.0. The van der Waals surface area contributed by atoms with Crippen LogP contribution in [0, 0.1) is 5.92 Å². The average molecular weight is 517 g/mol. The molecule has 3 aromatic carbocycles. The van der Waals surface area contributed by atoms with Gasteiger partial charge in [-0.05, 0) is 80.3 Å². The number of amides is 1. The van der Waals surface area contributed by atoms with Crippen molar-refractivity contribution in [3.8, 4) is 17.2 Å². The van der Waals surface area contributed by atoms with Gasteiger partial charge in [0.2, 0.25) is 0 Å². The Hall–Kier alpha value is -3.25. The van der Waals surface area contributed by atoms with Crippen LogP contribution in [0.25, 0.3) is 10.8 Å². The third-order valence-corrected chi connectivity index (χ3v) is 7.99. The van der Waals surface area contributed by atoms with Crippen molar-refractivity contribution in [3.63, 3.8) is 0 Å². The molecule has 0 N–H and O–H groups in total. The Balaban J connectivity index is 1.11. The molecule has 1 amide bonds. The molecule has 3 aromatic rings. The smallest absolute Gasteiger partial charge is 0.254 e. The molecule has 0 aromatic heterocycles. The Kier molecular flexibility index (Phi) is 8.69. The minimum Gasteiger partial charge on any atom is -0.493 e. The third kappa shape index (κ3) is 6.07. The van der Waals surface area contributed by atoms with Crippen LogP contribution in [0.1, 0.15) is 48.0 Å². The maximum Gasteiger partial charge on any atom is 0.254 e. The number of hydrogen-bond acceptors (Lipinski definition) is 5. The van der Waals surface area contributed by atoms with Crippen molar-refractivity contribution in [3.05, 3.63) is 65.7 Å². The lowest BCUT2D eigenvalue weighted by Crippen LogP contribution is -2.43. The van der Waals surface area contributed by atoms with Crippen LogP contribution in [0.4, 0.5) is 0 Å². The number of unbranched alkanes of at least 4 members (excludes halogenated alkanes) is 1. The van der Waals surface area contributed by atoms with E-state index in [9.17, 15) is 4.79 Å². The Labute approximate surface area is 226 Å². The molecule has 0 saturated carbocycles. The lowest BCUT2D eigenvalue weighted by molar-refractivity contribution is 0.0694. The van der Waals surface area contributed by atoms with Crippen LogP contribution in [0.15, 0.2) is 54.6 Å². The van der Waals surface area contributed by atoms with Crippen molar-refractivity contribution < 1.29 is 19.0 Å². The van der Waals surface area contributed by atoms with Crippen LogP contribution < -0.4 is 14.2 Å². The zero-order valence-corrected chi connectivity index (χ0v) is 22.8. The minimum atomic E-state index is 0.119. The number of methoxy groups -OCH3 is 2. The summed E-state index contributed by atoms with van der Waals surface area (Å²) in [5.74, 6) is 2.91. The summed E-state index contributed by atoms with van der Waals surface area (Å²) in [6.45, 7) is 5.63. The number of carbonyl (C=O) groups is 1. The number of nitrogens with zero attached hydrogens (tertiary/aromatic N) is 2. The molecule has 5 rings (SSSR count). The number of rotatable bonds is 10. The largest absolute Gasteiger partial charge is 0.493 e. The fourth-order valence-corrected chi connectivity index (χ4v) is 5.95. The highest BCUT2D eigenvalue weighted by molar-refractivity contribution is 5.97. The zero-order chi connectivity index (χ0) is 26.3. The van der Waals surface area contributed by atoms with E-state index >= 15 is 0 Å². The molecule has 0 bridgehead atoms. The molecule has 6 heteroatoms. The first-order chi connectivity index (χ1) is 18.7. The van der Waals surface area contributed by atoms with Gasteiger partial charge in [0.1, 0.15) is 5.75 Å². The summed E-state index contributed by atoms with van der Waals surface area (Å²) < 4.78 is 17.0. The van der Waals surface area contributed by atoms with Crippen molar-refractivity contribution >= 4 is 16.7 Å². The van der Waals surface area contributed by atoms with E-state index in [0.717, 1.165) is 75.5 Å². The fraction of sp³-hybridized carbons (Fsp3) is 0.469. The predicted molar refractivity (Wildman–Crippen MR) is 152 cm³/mol. The maximum atomic E-state index is 13.4. The quantitative estimate of drug-likeness (QED) is 0.318. The monoisotopic (exact) mass is 516 g/mol. The predicted octanol–water partition coefficient (Wildman–Crippen LogP) is 5.82. The average Bonchev–Trinajstić information content (AvgIpc) is 3.18. The van der Waals surface area contributed by atoms with E-state index in [0.29, 0.717) is 17.4 Å². The summed E-state index contributed by atoms with van der Waals surface area (Å²) >= 11 is 0. The van der Waals surface area contributed by atoms with E-state index in [-0.39, 0.29) is 5.91 Å². The van der Waals surface area contributed by atoms with Gasteiger partial charge in [0, 0.05) is 30.6 Å². The van der Waals surface area contributed by atoms with E-state index in [2.05, 4.69) is 52.3 Å². The van der Waals surface area contributed by atoms with Crippen molar-refractivity contribution in [2.45, 2.75) is 38.5 Å². The van der Waals surface area contributed by atoms with Gasteiger partial charge < -0.3 is 24.0 Å². The molecular formula is C32H40N2O4. The highest BCUT2D eigenvalue weighted by Crippen LogP contribution is 2.34. The highest BCUT2D eigenvalue weighted by atomic mass is 16.5. The van der Waals surface area contributed by atoms with Gasteiger partial charge in [-0.25, -0.2) is 0 Å². The third-order valence-electron chi connectivity index (χ3n) is 7.99. The molecule has 1 unspecified atom stereocenters. The van der Waals surface area contributed by atoms with Crippen LogP contribution in [0.2, 0.25) is 0 Å². The zero-order valence-electron chi connectivity index (χ0n) is 22.8. The van der Waals surface area contributed by atoms with Crippen LogP contribution in [0.5, 0.6) is 17.2 Å². The molecular weight excluding hydrogens is 476 g/mol. The molecule has 6 nitrogen and oxygen atoms in total. The highest BCUT2D eigenvalue weighted by Gasteiger charge is 2.29. The number of fused-ring (bicyclic) bond motifs is 2. The summed E-state index contributed by atoms with van der Waals surface area (Å²) in [5, 5.41) is 2.40. The van der Waals surface area contributed by atoms with Gasteiger partial charge in [-0.15, -0.1) is 0 Å². The summed E-state index contributed by atoms with van der Waals surface area (Å²) in [6, 6.07) is 18.4. The van der Waals surface area contributed by atoms with Gasteiger partial charge in [-0.1, -0.05) is 42.8 Å². The van der Waals surface area contributed by atoms with Crippen LogP contribution in [-0.4, -0.2) is 69.3 Å². The second-order valence-corrected chi connectivity index (χ2v) is 10.6. The molecule has 2 heterocycles. The number of likely N-dealkylation sites (tertiary alicyclic amines) is 1. The molecule has 2 aliphatic rings. The maximum absolute atomic E-state index is 13.4. The van der Waals surface area contributed by atoms with E-state index in [1.807, 2.05) is 12.1 Å². The van der Waals surface area contributed by atoms with E-state index < -0.39 is 0 Å². The molecule has 1 atom stereocenters. The number of benzene rings is 3. The molecule has 0 aliphatic carbocycles. The molecule has 1 fully saturated rings. The first-order valence-electron chi connectivity index (χ1n) is 14.0. The fourth-order valence-electron chi connectivity index (χ4n) is 5.95. The number of ether oxygens (including phenoxy) is 3. The van der Waals surface area contributed by atoms with E-state index in [1.165, 1.54) is 30.0 Å². The van der Waals surface area contributed by atoms with E-state index in [4.69, 9.17) is 14.2 Å². The van der Waals surface area contributed by atoms with Crippen LogP contribution in [-0.2, 0) is 6.42 Å². The van der Waals surface area contributed by atoms with Gasteiger partial charge in [-0.2, -0.15) is 0 Å². The second-order valence-electron chi connectivity index (χ2n) is 10.6. The Bertz CT molecular complexity index is 1240. The molecule has 0 spiro atoms. The van der Waals surface area contributed by atoms with Crippen molar-refractivity contribution in [2.24, 2.45) is 5.92 Å². The normalized spacial score (nSPS) is 18.2. The van der Waals surface area contributed by atoms with Crippen LogP contribution in [0.3, 0.4) is 0 Å². The lowest BCUT2D eigenvalue weighted by Gasteiger charge is -2.33. The van der Waals surface area contributed by atoms with Gasteiger partial charge in [0.05, 0.1) is 20.8 Å². The first-order valence-corrected chi connectivity index (χ1v) is 14.0. The van der Waals surface area contributed by atoms with Gasteiger partial charge in [0.15, 0.2) is 11.5 Å². The lowest BCUT2D eigenvalue weighted by atomic mass is 9.95. The standard InChI is InChI=1S/C32H40N2O4/c1-36-30-20-26-15-18-34(32(35)28(26)21-31(30)37-2)23-24-10-5-6-16-33(22-24)17-7-8-19-38-29-14-9-12-25-11-3-4-13-27(25)29/h3-4,9,11-14,20-21,24H,5-8,10,15-19,22-23H2,1-2H3. The summed E-state index contributed by atoms with van der Waals surface area (Å²) in [5.41, 5.74) is 1.81. The number of carbonyl (C=O) groups excluding carboxylic acids is 1. The summed E-state index contributed by atoms with van der Waals surface area (Å²) in [7, 11) is 3.25. The Morgan fingerprint density at radius 1 is 0.895 bits per heavy atom. The SMILES string of the molecule is COc1cc2c(cc1OC)C(=O)N(CC1CCCCN(CCCCOc3cccc4ccccc34)C1)CC2. The van der Waals surface area contributed by atoms with E-state index in [1.54, 1.807) is 14.2 Å². The molecule has 2 aliphatic heterocycles. The summed E-state index contributed by atoms with van der Waals surface area (Å²) in [6.07, 6.45) is 6.66. The van der Waals surface area contributed by atoms with Crippen molar-refractivity contribution in [2.75, 3.05) is 53.6 Å². The molecule has 1 saturated heterocycles. The van der Waals surface area contributed by atoms with Crippen molar-refractivity contribution in [1.29, 1.82) is 0 Å². The number of hydrogen-bond donors (Lipinski definition) is 0. The van der Waals surface area contributed by atoms with Gasteiger partial charge in [-0.3, -0.25) is 4.79 Å². The van der Waals surface area contributed by atoms with Crippen LogP contribution >= 0.6 is 0 Å². The Morgan fingerprint density at radius 2 is 1.71 bits per heavy atom. The molecule has 202 valence electrons. The molecule has 38 heavy (non-hydrogen) atoms. The first kappa shape index (κ1) is 26.4. The Morgan fingerprint density at radius 3 is 2.58 bits per heavy atom. The van der Waals surface area contributed by atoms with Crippen molar-refractivity contribution in [1.82, 2.24) is 9.80 Å². The minimum absolute atomic E-state index is 0.119. The molecule has 0 radical (unpaired) electrons. The topological polar surface area (TPSA) is 51.2 Å². The van der Waals surface area contributed by atoms with Gasteiger partial charge >= 0.3 is 0 Å². The second kappa shape index (κ2) is 12.5. The van der Waals surface area contributed by atoms with Gasteiger partial charge in [0.25, 0.3) is 5.91 Å².